The van der Waals surface area contributed by atoms with E-state index in [1.807, 2.05) is 17.4 Å². The van der Waals surface area contributed by atoms with E-state index in [4.69, 9.17) is 9.98 Å². The minimum Gasteiger partial charge on any atom is -0.310 e. The van der Waals surface area contributed by atoms with Gasteiger partial charge < -0.3 is 5.32 Å². The Kier molecular flexibility index (Phi) is 4.85. The molecule has 38 heavy (non-hydrogen) atoms. The number of fused-ring (bicyclic) bond motifs is 6. The van der Waals surface area contributed by atoms with Crippen LogP contribution >= 0.6 is 11.3 Å². The molecule has 2 aliphatic rings. The number of aromatic nitrogens is 1. The molecule has 0 bridgehead atoms. The van der Waals surface area contributed by atoms with Crippen molar-refractivity contribution in [2.75, 3.05) is 0 Å². The second-order valence-electron chi connectivity index (χ2n) is 9.86. The van der Waals surface area contributed by atoms with Crippen molar-refractivity contribution in [2.45, 2.75) is 12.6 Å². The zero-order valence-corrected chi connectivity index (χ0v) is 21.4. The molecule has 3 heterocycles. The second kappa shape index (κ2) is 8.54. The SMILES string of the molecule is C1=CCC(C2N=C(c3ccccc3)NC(n3c4ccccc4c4cc5sc6ccccc6c5cc43)=N2)C=C1. The van der Waals surface area contributed by atoms with Gasteiger partial charge in [-0.3, -0.25) is 4.57 Å². The van der Waals surface area contributed by atoms with Crippen molar-refractivity contribution in [3.05, 3.63) is 121 Å². The molecule has 5 heteroatoms. The number of thiophene rings is 1. The van der Waals surface area contributed by atoms with Gasteiger partial charge in [0, 0.05) is 42.4 Å². The van der Waals surface area contributed by atoms with Crippen LogP contribution in [0.4, 0.5) is 0 Å². The first-order valence-corrected chi connectivity index (χ1v) is 13.8. The summed E-state index contributed by atoms with van der Waals surface area (Å²) in [5.74, 6) is 1.89. The van der Waals surface area contributed by atoms with Crippen molar-refractivity contribution < 1.29 is 0 Å². The Labute approximate surface area is 224 Å². The largest absolute Gasteiger partial charge is 0.310 e. The summed E-state index contributed by atoms with van der Waals surface area (Å²) in [4.78, 5) is 10.4. The highest BCUT2D eigenvalue weighted by molar-refractivity contribution is 7.25. The van der Waals surface area contributed by atoms with Crippen molar-refractivity contribution >= 4 is 65.1 Å². The Morgan fingerprint density at radius 3 is 2.39 bits per heavy atom. The summed E-state index contributed by atoms with van der Waals surface area (Å²) in [6.07, 6.45) is 9.38. The highest BCUT2D eigenvalue weighted by Gasteiger charge is 2.27. The van der Waals surface area contributed by atoms with Gasteiger partial charge in [0.2, 0.25) is 5.96 Å². The predicted octanol–water partition coefficient (Wildman–Crippen LogP) is 7.87. The number of para-hydroxylation sites is 1. The normalized spacial score (nSPS) is 19.3. The third-order valence-electron chi connectivity index (χ3n) is 7.57. The summed E-state index contributed by atoms with van der Waals surface area (Å²) in [6.45, 7) is 0. The van der Waals surface area contributed by atoms with Gasteiger partial charge in [-0.1, -0.05) is 91.0 Å². The Bertz CT molecular complexity index is 1990. The molecule has 2 atom stereocenters. The van der Waals surface area contributed by atoms with Gasteiger partial charge in [0.1, 0.15) is 5.84 Å². The third kappa shape index (κ3) is 3.36. The summed E-state index contributed by atoms with van der Waals surface area (Å²) in [5, 5.41) is 8.68. The molecule has 8 rings (SSSR count). The molecule has 182 valence electrons. The molecule has 1 aliphatic carbocycles. The average molecular weight is 509 g/mol. The van der Waals surface area contributed by atoms with E-state index in [1.54, 1.807) is 0 Å². The van der Waals surface area contributed by atoms with Gasteiger partial charge in [-0.25, -0.2) is 9.98 Å². The zero-order chi connectivity index (χ0) is 25.1. The van der Waals surface area contributed by atoms with Crippen molar-refractivity contribution in [2.24, 2.45) is 15.9 Å². The fraction of sp³-hybridized carbons (Fsp3) is 0.0909. The van der Waals surface area contributed by atoms with Crippen molar-refractivity contribution in [1.82, 2.24) is 9.88 Å². The van der Waals surface area contributed by atoms with E-state index >= 15 is 0 Å². The van der Waals surface area contributed by atoms with Crippen molar-refractivity contribution in [3.63, 3.8) is 0 Å². The van der Waals surface area contributed by atoms with Crippen molar-refractivity contribution in [3.8, 4) is 0 Å². The highest BCUT2D eigenvalue weighted by Crippen LogP contribution is 2.39. The molecule has 0 saturated carbocycles. The monoisotopic (exact) mass is 508 g/mol. The molecule has 6 aromatic rings. The molecular weight excluding hydrogens is 484 g/mol. The lowest BCUT2D eigenvalue weighted by atomic mass is 9.97. The van der Waals surface area contributed by atoms with E-state index in [9.17, 15) is 0 Å². The lowest BCUT2D eigenvalue weighted by Crippen LogP contribution is -2.42. The number of benzene rings is 4. The fourth-order valence-corrected chi connectivity index (χ4v) is 6.87. The first kappa shape index (κ1) is 21.6. The summed E-state index contributed by atoms with van der Waals surface area (Å²) >= 11 is 1.86. The molecule has 0 amide bonds. The smallest absolute Gasteiger partial charge is 0.211 e. The van der Waals surface area contributed by atoms with Crippen LogP contribution in [-0.2, 0) is 0 Å². The minimum absolute atomic E-state index is 0.204. The summed E-state index contributed by atoms with van der Waals surface area (Å²) in [7, 11) is 0. The van der Waals surface area contributed by atoms with Gasteiger partial charge >= 0.3 is 0 Å². The number of hydrogen-bond acceptors (Lipinski definition) is 4. The Hall–Kier alpha value is -4.48. The molecule has 2 aromatic heterocycles. The Morgan fingerprint density at radius 2 is 1.53 bits per heavy atom. The van der Waals surface area contributed by atoms with Crippen LogP contribution < -0.4 is 5.32 Å². The standard InChI is InChI=1S/C33H24N4S/c1-3-11-21(12-4-1)31-34-32(22-13-5-2-6-14-22)36-33(35-31)37-27-17-9-7-15-23(27)25-20-30-26(19-28(25)37)24-16-8-10-18-29(24)38-30/h1-13,15-20,22,32H,14H2,(H,34,35,36). The number of nitrogens with one attached hydrogen (secondary N) is 1. The van der Waals surface area contributed by atoms with E-state index in [1.165, 1.54) is 30.9 Å². The molecule has 1 aliphatic heterocycles. The van der Waals surface area contributed by atoms with Crippen LogP contribution in [0.2, 0.25) is 0 Å². The average Bonchev–Trinajstić information content (AvgIpc) is 3.51. The third-order valence-corrected chi connectivity index (χ3v) is 8.71. The highest BCUT2D eigenvalue weighted by atomic mass is 32.1. The topological polar surface area (TPSA) is 41.7 Å². The van der Waals surface area contributed by atoms with Crippen LogP contribution in [0.5, 0.6) is 0 Å². The van der Waals surface area contributed by atoms with Crippen LogP contribution in [0.25, 0.3) is 42.0 Å². The maximum Gasteiger partial charge on any atom is 0.211 e. The molecule has 0 saturated heterocycles. The fourth-order valence-electron chi connectivity index (χ4n) is 5.74. The number of nitrogens with zero attached hydrogens (tertiary/aromatic N) is 3. The number of amidine groups is 1. The summed E-state index contributed by atoms with van der Waals surface area (Å²) in [5.41, 5.74) is 3.36. The van der Waals surface area contributed by atoms with Crippen LogP contribution in [0.1, 0.15) is 12.0 Å². The molecule has 2 unspecified atom stereocenters. The van der Waals surface area contributed by atoms with Gasteiger partial charge in [-0.2, -0.15) is 0 Å². The Balaban J connectivity index is 1.39. The lowest BCUT2D eigenvalue weighted by Gasteiger charge is -2.27. The zero-order valence-electron chi connectivity index (χ0n) is 20.6. The molecule has 4 aromatic carbocycles. The van der Waals surface area contributed by atoms with E-state index in [0.717, 1.165) is 34.8 Å². The maximum atomic E-state index is 5.25. The van der Waals surface area contributed by atoms with Crippen LogP contribution in [0.3, 0.4) is 0 Å². The molecule has 4 nitrogen and oxygen atoms in total. The van der Waals surface area contributed by atoms with Crippen LogP contribution in [0.15, 0.2) is 125 Å². The van der Waals surface area contributed by atoms with Crippen LogP contribution in [0, 0.1) is 5.92 Å². The predicted molar refractivity (Wildman–Crippen MR) is 161 cm³/mol. The lowest BCUT2D eigenvalue weighted by molar-refractivity contribution is 0.514. The van der Waals surface area contributed by atoms with Gasteiger partial charge in [-0.05, 0) is 30.7 Å². The van der Waals surface area contributed by atoms with Crippen molar-refractivity contribution in [1.29, 1.82) is 0 Å². The number of aliphatic imine (C=N–C) groups is 2. The second-order valence-corrected chi connectivity index (χ2v) is 10.9. The summed E-state index contributed by atoms with van der Waals surface area (Å²) < 4.78 is 4.92. The van der Waals surface area contributed by atoms with E-state index in [-0.39, 0.29) is 12.1 Å². The van der Waals surface area contributed by atoms with E-state index < -0.39 is 0 Å². The number of hydrogen-bond donors (Lipinski definition) is 1. The van der Waals surface area contributed by atoms with Gasteiger partial charge in [0.05, 0.1) is 11.0 Å². The molecule has 0 radical (unpaired) electrons. The minimum atomic E-state index is -0.204. The van der Waals surface area contributed by atoms with E-state index in [0.29, 0.717) is 0 Å². The first-order chi connectivity index (χ1) is 18.8. The van der Waals surface area contributed by atoms with Crippen LogP contribution in [-0.4, -0.2) is 22.5 Å². The number of rotatable bonds is 2. The van der Waals surface area contributed by atoms with Gasteiger partial charge in [0.15, 0.2) is 6.17 Å². The molecular formula is C33H24N4S. The maximum absolute atomic E-state index is 5.25. The molecule has 0 fully saturated rings. The van der Waals surface area contributed by atoms with Gasteiger partial charge in [0.25, 0.3) is 0 Å². The first-order valence-electron chi connectivity index (χ1n) is 13.0. The molecule has 0 spiro atoms. The van der Waals surface area contributed by atoms with E-state index in [2.05, 4.69) is 119 Å². The summed E-state index contributed by atoms with van der Waals surface area (Å²) in [6, 6.07) is 32.4. The number of allylic oxidation sites excluding steroid dienone is 3. The quantitative estimate of drug-likeness (QED) is 0.254. The van der Waals surface area contributed by atoms with Gasteiger partial charge in [-0.15, -0.1) is 11.3 Å². The Morgan fingerprint density at radius 1 is 0.711 bits per heavy atom. The molecule has 1 N–H and O–H groups in total.